The number of nitrogens with one attached hydrogen (secondary N) is 2. The van der Waals surface area contributed by atoms with Crippen molar-refractivity contribution in [3.05, 3.63) is 35.4 Å². The minimum absolute atomic E-state index is 0.336. The monoisotopic (exact) mass is 303 g/mol. The Bertz CT molecular complexity index is 527. The van der Waals surface area contributed by atoms with Gasteiger partial charge >= 0.3 is 0 Å². The van der Waals surface area contributed by atoms with Crippen LogP contribution in [0.4, 0.5) is 0 Å². The molecule has 0 bridgehead atoms. The van der Waals surface area contributed by atoms with Crippen LogP contribution >= 0.6 is 0 Å². The molecule has 0 saturated carbocycles. The van der Waals surface area contributed by atoms with Gasteiger partial charge in [0, 0.05) is 12.6 Å². The number of hydrogen-bond acceptors (Lipinski definition) is 2. The number of guanidine groups is 1. The van der Waals surface area contributed by atoms with Gasteiger partial charge in [-0.25, -0.2) is 4.99 Å². The molecule has 122 valence electrons. The van der Waals surface area contributed by atoms with Crippen LogP contribution in [0.3, 0.4) is 0 Å². The van der Waals surface area contributed by atoms with Crippen molar-refractivity contribution in [2.45, 2.75) is 52.2 Å². The van der Waals surface area contributed by atoms with E-state index in [1.807, 2.05) is 18.2 Å². The van der Waals surface area contributed by atoms with E-state index in [2.05, 4.69) is 49.4 Å². The van der Waals surface area contributed by atoms with Crippen molar-refractivity contribution < 1.29 is 5.11 Å². The van der Waals surface area contributed by atoms with Crippen LogP contribution in [0.15, 0.2) is 29.3 Å². The summed E-state index contributed by atoms with van der Waals surface area (Å²) in [6.07, 6.45) is 1.67. The molecular formula is C18H29N3O. The van der Waals surface area contributed by atoms with Crippen molar-refractivity contribution in [2.75, 3.05) is 13.1 Å². The Morgan fingerprint density at radius 2 is 2.05 bits per heavy atom. The quantitative estimate of drug-likeness (QED) is 0.578. The Labute approximate surface area is 134 Å². The molecule has 4 heteroatoms. The highest BCUT2D eigenvalue weighted by Crippen LogP contribution is 2.36. The zero-order valence-electron chi connectivity index (χ0n) is 14.2. The highest BCUT2D eigenvalue weighted by molar-refractivity contribution is 5.80. The van der Waals surface area contributed by atoms with Crippen LogP contribution in [-0.4, -0.2) is 30.2 Å². The molecule has 1 aliphatic rings. The number of hydrogen-bond donors (Lipinski definition) is 3. The van der Waals surface area contributed by atoms with Crippen LogP contribution in [-0.2, 0) is 12.0 Å². The summed E-state index contributed by atoms with van der Waals surface area (Å²) in [6, 6.07) is 8.48. The lowest BCUT2D eigenvalue weighted by atomic mass is 9.96. The summed E-state index contributed by atoms with van der Waals surface area (Å²) < 4.78 is 0. The standard InChI is InChI=1S/C18H29N3O/c1-5-19-17(21-14(4)13(2)3)20-12-18(22)11-10-15-8-6-7-9-16(15)18/h6-9,13-14,22H,5,10-12H2,1-4H3,(H2,19,20,21). The second kappa shape index (κ2) is 7.14. The fourth-order valence-electron chi connectivity index (χ4n) is 2.74. The van der Waals surface area contributed by atoms with Gasteiger partial charge in [-0.1, -0.05) is 38.1 Å². The molecular weight excluding hydrogens is 274 g/mol. The Morgan fingerprint density at radius 1 is 1.32 bits per heavy atom. The maximum atomic E-state index is 10.9. The first kappa shape index (κ1) is 16.8. The van der Waals surface area contributed by atoms with Gasteiger partial charge in [0.25, 0.3) is 0 Å². The van der Waals surface area contributed by atoms with E-state index >= 15 is 0 Å². The molecule has 2 unspecified atom stereocenters. The van der Waals surface area contributed by atoms with E-state index in [1.54, 1.807) is 0 Å². The summed E-state index contributed by atoms with van der Waals surface area (Å²) in [4.78, 5) is 4.63. The van der Waals surface area contributed by atoms with Crippen molar-refractivity contribution in [3.8, 4) is 0 Å². The lowest BCUT2D eigenvalue weighted by molar-refractivity contribution is 0.0485. The van der Waals surface area contributed by atoms with Crippen molar-refractivity contribution in [2.24, 2.45) is 10.9 Å². The third kappa shape index (κ3) is 3.80. The van der Waals surface area contributed by atoms with Crippen LogP contribution in [0.5, 0.6) is 0 Å². The number of fused-ring (bicyclic) bond motifs is 1. The molecule has 0 aliphatic heterocycles. The minimum atomic E-state index is -0.833. The average molecular weight is 303 g/mol. The van der Waals surface area contributed by atoms with Gasteiger partial charge in [-0.2, -0.15) is 0 Å². The lowest BCUT2D eigenvalue weighted by Gasteiger charge is -2.24. The number of aliphatic imine (C=N–C) groups is 1. The molecule has 0 heterocycles. The molecule has 1 aliphatic carbocycles. The van der Waals surface area contributed by atoms with Gasteiger partial charge in [0.1, 0.15) is 5.60 Å². The first-order chi connectivity index (χ1) is 10.5. The molecule has 0 amide bonds. The number of nitrogens with zero attached hydrogens (tertiary/aromatic N) is 1. The maximum absolute atomic E-state index is 10.9. The second-order valence-corrected chi connectivity index (χ2v) is 6.56. The largest absolute Gasteiger partial charge is 0.383 e. The fraction of sp³-hybridized carbons (Fsp3) is 0.611. The first-order valence-electron chi connectivity index (χ1n) is 8.32. The average Bonchev–Trinajstić information content (AvgIpc) is 2.83. The number of aliphatic hydroxyl groups is 1. The van der Waals surface area contributed by atoms with Gasteiger partial charge in [-0.05, 0) is 43.7 Å². The second-order valence-electron chi connectivity index (χ2n) is 6.56. The van der Waals surface area contributed by atoms with Crippen molar-refractivity contribution in [3.63, 3.8) is 0 Å². The van der Waals surface area contributed by atoms with Crippen molar-refractivity contribution in [1.29, 1.82) is 0 Å². The van der Waals surface area contributed by atoms with E-state index in [1.165, 1.54) is 5.56 Å². The van der Waals surface area contributed by atoms with E-state index < -0.39 is 5.60 Å². The Hall–Kier alpha value is -1.55. The van der Waals surface area contributed by atoms with Gasteiger partial charge < -0.3 is 15.7 Å². The predicted molar refractivity (Wildman–Crippen MR) is 92.1 cm³/mol. The smallest absolute Gasteiger partial charge is 0.191 e. The van der Waals surface area contributed by atoms with Crippen LogP contribution in [0.25, 0.3) is 0 Å². The molecule has 2 rings (SSSR count). The molecule has 2 atom stereocenters. The normalized spacial score (nSPS) is 22.5. The summed E-state index contributed by atoms with van der Waals surface area (Å²) >= 11 is 0. The molecule has 3 N–H and O–H groups in total. The van der Waals surface area contributed by atoms with Crippen LogP contribution in [0.1, 0.15) is 45.2 Å². The Morgan fingerprint density at radius 3 is 2.73 bits per heavy atom. The third-order valence-corrected chi connectivity index (χ3v) is 4.53. The maximum Gasteiger partial charge on any atom is 0.191 e. The summed E-state index contributed by atoms with van der Waals surface area (Å²) in [6.45, 7) is 9.77. The molecule has 0 saturated heterocycles. The molecule has 0 spiro atoms. The topological polar surface area (TPSA) is 56.7 Å². The van der Waals surface area contributed by atoms with Crippen LogP contribution in [0, 0.1) is 5.92 Å². The van der Waals surface area contributed by atoms with Crippen LogP contribution in [0.2, 0.25) is 0 Å². The molecule has 4 nitrogen and oxygen atoms in total. The zero-order chi connectivity index (χ0) is 16.2. The van der Waals surface area contributed by atoms with E-state index in [-0.39, 0.29) is 0 Å². The fourth-order valence-corrected chi connectivity index (χ4v) is 2.74. The molecule has 1 aromatic carbocycles. The van der Waals surface area contributed by atoms with Gasteiger partial charge in [0.15, 0.2) is 5.96 Å². The van der Waals surface area contributed by atoms with E-state index in [0.29, 0.717) is 18.5 Å². The predicted octanol–water partition coefficient (Wildman–Crippen LogP) is 2.42. The Balaban J connectivity index is 2.10. The van der Waals surface area contributed by atoms with Gasteiger partial charge in [-0.15, -0.1) is 0 Å². The summed E-state index contributed by atoms with van der Waals surface area (Å²) in [7, 11) is 0. The SMILES string of the molecule is CCNC(=NCC1(O)CCc2ccccc21)NC(C)C(C)C. The summed E-state index contributed by atoms with van der Waals surface area (Å²) in [5.74, 6) is 1.31. The van der Waals surface area contributed by atoms with Crippen LogP contribution < -0.4 is 10.6 Å². The molecule has 0 aromatic heterocycles. The van der Waals surface area contributed by atoms with Gasteiger partial charge in [0.05, 0.1) is 6.54 Å². The van der Waals surface area contributed by atoms with Gasteiger partial charge in [0.2, 0.25) is 0 Å². The molecule has 0 fully saturated rings. The molecule has 22 heavy (non-hydrogen) atoms. The highest BCUT2D eigenvalue weighted by atomic mass is 16.3. The molecule has 0 radical (unpaired) electrons. The van der Waals surface area contributed by atoms with E-state index in [4.69, 9.17) is 0 Å². The minimum Gasteiger partial charge on any atom is -0.383 e. The first-order valence-corrected chi connectivity index (χ1v) is 8.32. The highest BCUT2D eigenvalue weighted by Gasteiger charge is 2.36. The lowest BCUT2D eigenvalue weighted by Crippen LogP contribution is -2.45. The third-order valence-electron chi connectivity index (χ3n) is 4.53. The number of rotatable bonds is 5. The van der Waals surface area contributed by atoms with E-state index in [0.717, 1.165) is 30.9 Å². The van der Waals surface area contributed by atoms with Crippen molar-refractivity contribution in [1.82, 2.24) is 10.6 Å². The van der Waals surface area contributed by atoms with E-state index in [9.17, 15) is 5.11 Å². The summed E-state index contributed by atoms with van der Waals surface area (Å²) in [5, 5.41) is 17.6. The number of aryl methyl sites for hydroxylation is 1. The zero-order valence-corrected chi connectivity index (χ0v) is 14.2. The molecule has 1 aromatic rings. The van der Waals surface area contributed by atoms with Gasteiger partial charge in [-0.3, -0.25) is 0 Å². The Kier molecular flexibility index (Phi) is 5.46. The van der Waals surface area contributed by atoms with Crippen molar-refractivity contribution >= 4 is 5.96 Å². The summed E-state index contributed by atoms with van der Waals surface area (Å²) in [5.41, 5.74) is 1.44. The number of benzene rings is 1.